The van der Waals surface area contributed by atoms with Crippen molar-refractivity contribution in [2.75, 3.05) is 24.2 Å². The van der Waals surface area contributed by atoms with E-state index in [0.717, 1.165) is 5.56 Å². The normalized spacial score (nSPS) is 20.0. The number of rotatable bonds is 5. The molecular weight excluding hydrogens is 304 g/mol. The zero-order valence-corrected chi connectivity index (χ0v) is 14.2. The van der Waals surface area contributed by atoms with E-state index in [-0.39, 0.29) is 24.1 Å². The minimum Gasteiger partial charge on any atom is -0.310 e. The molecule has 1 aliphatic heterocycles. The van der Waals surface area contributed by atoms with Gasteiger partial charge in [0.1, 0.15) is 5.82 Å². The smallest absolute Gasteiger partial charge is 0.229 e. The highest BCUT2D eigenvalue weighted by Gasteiger charge is 2.31. The standard InChI is InChI=1S/C14H24N4O3S/c1-4-18-13(11(3)9-15-18)16-14(19)12-7-6-8-17(10-12)22(20,21)5-2/h9,12H,4-8,10H2,1-3H3,(H,16,19). The molecule has 2 heterocycles. The average Bonchev–Trinajstić information content (AvgIpc) is 2.87. The largest absolute Gasteiger partial charge is 0.310 e. The molecule has 1 amide bonds. The molecule has 1 aliphatic rings. The molecular formula is C14H24N4O3S. The first kappa shape index (κ1) is 17.0. The molecule has 124 valence electrons. The summed E-state index contributed by atoms with van der Waals surface area (Å²) in [6.45, 7) is 6.92. The van der Waals surface area contributed by atoms with Crippen molar-refractivity contribution in [1.82, 2.24) is 14.1 Å². The van der Waals surface area contributed by atoms with E-state index < -0.39 is 10.0 Å². The lowest BCUT2D eigenvalue weighted by Gasteiger charge is -2.31. The van der Waals surface area contributed by atoms with Crippen molar-refractivity contribution in [2.45, 2.75) is 40.2 Å². The SMILES string of the molecule is CCn1ncc(C)c1NC(=O)C1CCCN(S(=O)(=O)CC)C1. The number of carbonyl (C=O) groups is 1. The van der Waals surface area contributed by atoms with E-state index in [1.54, 1.807) is 17.8 Å². The maximum absolute atomic E-state index is 12.5. The van der Waals surface area contributed by atoms with E-state index in [1.807, 2.05) is 13.8 Å². The van der Waals surface area contributed by atoms with E-state index in [2.05, 4.69) is 10.4 Å². The van der Waals surface area contributed by atoms with Crippen molar-refractivity contribution in [3.8, 4) is 0 Å². The summed E-state index contributed by atoms with van der Waals surface area (Å²) in [4.78, 5) is 12.5. The Morgan fingerprint density at radius 1 is 1.45 bits per heavy atom. The van der Waals surface area contributed by atoms with Crippen LogP contribution in [0.4, 0.5) is 5.82 Å². The molecule has 8 heteroatoms. The number of hydrogen-bond donors (Lipinski definition) is 1. The summed E-state index contributed by atoms with van der Waals surface area (Å²) < 4.78 is 27.1. The van der Waals surface area contributed by atoms with Crippen molar-refractivity contribution < 1.29 is 13.2 Å². The third-order valence-corrected chi connectivity index (χ3v) is 5.92. The first-order chi connectivity index (χ1) is 10.4. The summed E-state index contributed by atoms with van der Waals surface area (Å²) >= 11 is 0. The number of amides is 1. The second-order valence-electron chi connectivity index (χ2n) is 5.58. The summed E-state index contributed by atoms with van der Waals surface area (Å²) in [5.74, 6) is 0.329. The third-order valence-electron chi connectivity index (χ3n) is 4.08. The monoisotopic (exact) mass is 328 g/mol. The minimum absolute atomic E-state index is 0.0725. The second kappa shape index (κ2) is 6.78. The van der Waals surface area contributed by atoms with Gasteiger partial charge in [-0.1, -0.05) is 0 Å². The van der Waals surface area contributed by atoms with Crippen LogP contribution in [0.5, 0.6) is 0 Å². The molecule has 22 heavy (non-hydrogen) atoms. The maximum Gasteiger partial charge on any atom is 0.229 e. The first-order valence-electron chi connectivity index (χ1n) is 7.70. The molecule has 1 aromatic rings. The number of nitrogens with zero attached hydrogens (tertiary/aromatic N) is 3. The molecule has 1 atom stereocenters. The van der Waals surface area contributed by atoms with E-state index in [0.29, 0.717) is 31.7 Å². The number of aryl methyl sites for hydroxylation is 2. The Kier molecular flexibility index (Phi) is 5.23. The predicted octanol–water partition coefficient (Wildman–Crippen LogP) is 1.21. The van der Waals surface area contributed by atoms with Gasteiger partial charge in [0.05, 0.1) is 17.9 Å². The Hall–Kier alpha value is -1.41. The fourth-order valence-corrected chi connectivity index (χ4v) is 3.87. The molecule has 1 saturated heterocycles. The van der Waals surface area contributed by atoms with E-state index in [1.165, 1.54) is 4.31 Å². The lowest BCUT2D eigenvalue weighted by molar-refractivity contribution is -0.120. The van der Waals surface area contributed by atoms with Gasteiger partial charge in [-0.25, -0.2) is 17.4 Å². The number of piperidine rings is 1. The highest BCUT2D eigenvalue weighted by molar-refractivity contribution is 7.89. The molecule has 1 aromatic heterocycles. The van der Waals surface area contributed by atoms with Crippen LogP contribution < -0.4 is 5.32 Å². The number of sulfonamides is 1. The number of nitrogens with one attached hydrogen (secondary N) is 1. The molecule has 0 aliphatic carbocycles. The second-order valence-corrected chi connectivity index (χ2v) is 7.84. The lowest BCUT2D eigenvalue weighted by Crippen LogP contribution is -2.44. The Bertz CT molecular complexity index is 639. The quantitative estimate of drug-likeness (QED) is 0.880. The van der Waals surface area contributed by atoms with Crippen LogP contribution in [0, 0.1) is 12.8 Å². The lowest BCUT2D eigenvalue weighted by atomic mass is 9.99. The number of anilines is 1. The summed E-state index contributed by atoms with van der Waals surface area (Å²) in [5.41, 5.74) is 0.907. The fourth-order valence-electron chi connectivity index (χ4n) is 2.69. The van der Waals surface area contributed by atoms with Crippen molar-refractivity contribution >= 4 is 21.7 Å². The van der Waals surface area contributed by atoms with Crippen molar-refractivity contribution in [2.24, 2.45) is 5.92 Å². The zero-order valence-electron chi connectivity index (χ0n) is 13.4. The number of carbonyl (C=O) groups excluding carboxylic acids is 1. The van der Waals surface area contributed by atoms with Crippen LogP contribution in [0.2, 0.25) is 0 Å². The number of aromatic nitrogens is 2. The van der Waals surface area contributed by atoms with Crippen molar-refractivity contribution in [1.29, 1.82) is 0 Å². The molecule has 0 radical (unpaired) electrons. The van der Waals surface area contributed by atoms with Crippen LogP contribution in [0.15, 0.2) is 6.20 Å². The maximum atomic E-state index is 12.5. The highest BCUT2D eigenvalue weighted by Crippen LogP contribution is 2.22. The number of hydrogen-bond acceptors (Lipinski definition) is 4. The Morgan fingerprint density at radius 2 is 2.18 bits per heavy atom. The van der Waals surface area contributed by atoms with Gasteiger partial charge in [-0.2, -0.15) is 5.10 Å². The van der Waals surface area contributed by atoms with Gasteiger partial charge in [-0.3, -0.25) is 4.79 Å². The van der Waals surface area contributed by atoms with Gasteiger partial charge >= 0.3 is 0 Å². The average molecular weight is 328 g/mol. The van der Waals surface area contributed by atoms with Crippen molar-refractivity contribution in [3.05, 3.63) is 11.8 Å². The topological polar surface area (TPSA) is 84.3 Å². The first-order valence-corrected chi connectivity index (χ1v) is 9.31. The molecule has 0 spiro atoms. The highest BCUT2D eigenvalue weighted by atomic mass is 32.2. The predicted molar refractivity (Wildman–Crippen MR) is 85.0 cm³/mol. The van der Waals surface area contributed by atoms with Gasteiger partial charge < -0.3 is 5.32 Å². The zero-order chi connectivity index (χ0) is 16.3. The molecule has 0 saturated carbocycles. The summed E-state index contributed by atoms with van der Waals surface area (Å²) in [5, 5.41) is 7.11. The summed E-state index contributed by atoms with van der Waals surface area (Å²) in [6.07, 6.45) is 3.14. The van der Waals surface area contributed by atoms with Crippen LogP contribution >= 0.6 is 0 Å². The minimum atomic E-state index is -3.23. The van der Waals surface area contributed by atoms with Crippen LogP contribution in [0.1, 0.15) is 32.3 Å². The summed E-state index contributed by atoms with van der Waals surface area (Å²) in [7, 11) is -3.23. The van der Waals surface area contributed by atoms with Crippen LogP contribution in [-0.4, -0.2) is 47.3 Å². The molecule has 1 fully saturated rings. The van der Waals surface area contributed by atoms with Gasteiger partial charge in [0.2, 0.25) is 15.9 Å². The summed E-state index contributed by atoms with van der Waals surface area (Å²) in [6, 6.07) is 0. The molecule has 7 nitrogen and oxygen atoms in total. The Labute approximate surface area is 131 Å². The van der Waals surface area contributed by atoms with E-state index in [4.69, 9.17) is 0 Å². The fraction of sp³-hybridized carbons (Fsp3) is 0.714. The molecule has 2 rings (SSSR count). The van der Waals surface area contributed by atoms with Crippen LogP contribution in [0.25, 0.3) is 0 Å². The third kappa shape index (κ3) is 3.49. The van der Waals surface area contributed by atoms with Gasteiger partial charge in [0.15, 0.2) is 0 Å². The van der Waals surface area contributed by atoms with Gasteiger partial charge in [0, 0.05) is 25.2 Å². The van der Waals surface area contributed by atoms with Gasteiger partial charge in [-0.05, 0) is 33.6 Å². The van der Waals surface area contributed by atoms with Gasteiger partial charge in [0.25, 0.3) is 0 Å². The van der Waals surface area contributed by atoms with Crippen molar-refractivity contribution in [3.63, 3.8) is 0 Å². The molecule has 1 N–H and O–H groups in total. The van der Waals surface area contributed by atoms with Crippen LogP contribution in [0.3, 0.4) is 0 Å². The van der Waals surface area contributed by atoms with E-state index >= 15 is 0 Å². The Morgan fingerprint density at radius 3 is 2.82 bits per heavy atom. The Balaban J connectivity index is 2.08. The van der Waals surface area contributed by atoms with Crippen LogP contribution in [-0.2, 0) is 21.4 Å². The molecule has 0 aromatic carbocycles. The van der Waals surface area contributed by atoms with E-state index in [9.17, 15) is 13.2 Å². The van der Waals surface area contributed by atoms with Gasteiger partial charge in [-0.15, -0.1) is 0 Å². The molecule has 1 unspecified atom stereocenters. The molecule has 0 bridgehead atoms.